The lowest BCUT2D eigenvalue weighted by Gasteiger charge is -2.13. The first-order valence-electron chi connectivity index (χ1n) is 6.25. The molecule has 0 radical (unpaired) electrons. The quantitative estimate of drug-likeness (QED) is 0.619. The van der Waals surface area contributed by atoms with Gasteiger partial charge in [-0.25, -0.2) is 0 Å². The fraction of sp³-hybridized carbons (Fsp3) is 0.250. The molecule has 0 fully saturated rings. The largest absolute Gasteiger partial charge is 0.491 e. The highest BCUT2D eigenvalue weighted by Gasteiger charge is 2.07. The van der Waals surface area contributed by atoms with Crippen LogP contribution in [0.4, 0.5) is 0 Å². The van der Waals surface area contributed by atoms with Crippen molar-refractivity contribution in [2.24, 2.45) is 0 Å². The van der Waals surface area contributed by atoms with E-state index in [-0.39, 0.29) is 0 Å². The minimum atomic E-state index is 0.675. The summed E-state index contributed by atoms with van der Waals surface area (Å²) in [5.74, 6) is 0.989. The summed E-state index contributed by atoms with van der Waals surface area (Å²) in [5, 5.41) is 5.48. The molecular formula is C16H19NO. The van der Waals surface area contributed by atoms with E-state index in [9.17, 15) is 0 Å². The van der Waals surface area contributed by atoms with Crippen LogP contribution in [-0.2, 0) is 6.42 Å². The van der Waals surface area contributed by atoms with E-state index in [2.05, 4.69) is 36.2 Å². The lowest BCUT2D eigenvalue weighted by Crippen LogP contribution is -2.16. The molecule has 2 aromatic carbocycles. The summed E-state index contributed by atoms with van der Waals surface area (Å²) >= 11 is 0. The minimum absolute atomic E-state index is 0.675. The average molecular weight is 241 g/mol. The number of benzene rings is 2. The Morgan fingerprint density at radius 1 is 1.22 bits per heavy atom. The third-order valence-corrected chi connectivity index (χ3v) is 2.92. The smallest absolute Gasteiger partial charge is 0.130 e. The molecule has 2 nitrogen and oxygen atoms in total. The van der Waals surface area contributed by atoms with Gasteiger partial charge >= 0.3 is 0 Å². The number of allylic oxidation sites excluding steroid dienone is 1. The van der Waals surface area contributed by atoms with Crippen molar-refractivity contribution in [3.8, 4) is 5.75 Å². The fourth-order valence-electron chi connectivity index (χ4n) is 2.03. The number of fused-ring (bicyclic) bond motifs is 1. The minimum Gasteiger partial charge on any atom is -0.491 e. The highest BCUT2D eigenvalue weighted by molar-refractivity contribution is 5.89. The van der Waals surface area contributed by atoms with Gasteiger partial charge in [0.25, 0.3) is 0 Å². The Kier molecular flexibility index (Phi) is 4.37. The van der Waals surface area contributed by atoms with Crippen LogP contribution in [0.2, 0.25) is 0 Å². The predicted molar refractivity (Wildman–Crippen MR) is 77.3 cm³/mol. The van der Waals surface area contributed by atoms with Crippen LogP contribution in [0.1, 0.15) is 5.56 Å². The first-order valence-corrected chi connectivity index (χ1v) is 6.25. The highest BCUT2D eigenvalue weighted by Crippen LogP contribution is 2.30. The zero-order valence-electron chi connectivity index (χ0n) is 10.8. The summed E-state index contributed by atoms with van der Waals surface area (Å²) in [6.45, 7) is 5.32. The van der Waals surface area contributed by atoms with Crippen LogP contribution in [0.5, 0.6) is 5.75 Å². The number of ether oxygens (including phenoxy) is 1. The van der Waals surface area contributed by atoms with E-state index in [0.717, 1.165) is 18.7 Å². The first-order chi connectivity index (χ1) is 8.86. The Morgan fingerprint density at radius 3 is 2.83 bits per heavy atom. The zero-order chi connectivity index (χ0) is 12.8. The molecule has 1 N–H and O–H groups in total. The van der Waals surface area contributed by atoms with Crippen molar-refractivity contribution >= 4 is 10.8 Å². The maximum atomic E-state index is 5.93. The van der Waals surface area contributed by atoms with Crippen LogP contribution in [0.15, 0.2) is 49.1 Å². The second-order valence-corrected chi connectivity index (χ2v) is 4.22. The number of likely N-dealkylation sites (N-methyl/N-ethyl adjacent to an activating group) is 1. The monoisotopic (exact) mass is 241 g/mol. The summed E-state index contributed by atoms with van der Waals surface area (Å²) in [6, 6.07) is 12.6. The van der Waals surface area contributed by atoms with Crippen molar-refractivity contribution in [1.82, 2.24) is 5.32 Å². The van der Waals surface area contributed by atoms with E-state index in [0.29, 0.717) is 6.61 Å². The summed E-state index contributed by atoms with van der Waals surface area (Å²) in [5.41, 5.74) is 1.19. The molecule has 0 spiro atoms. The number of rotatable bonds is 6. The van der Waals surface area contributed by atoms with Crippen molar-refractivity contribution in [1.29, 1.82) is 0 Å². The summed E-state index contributed by atoms with van der Waals surface area (Å²) in [6.07, 6.45) is 2.74. The van der Waals surface area contributed by atoms with E-state index in [1.807, 2.05) is 25.3 Å². The molecule has 0 aromatic heterocycles. The van der Waals surface area contributed by atoms with Crippen molar-refractivity contribution in [3.63, 3.8) is 0 Å². The average Bonchev–Trinajstić information content (AvgIpc) is 2.41. The molecule has 0 saturated carbocycles. The van der Waals surface area contributed by atoms with Crippen molar-refractivity contribution in [2.75, 3.05) is 20.2 Å². The first kappa shape index (κ1) is 12.7. The van der Waals surface area contributed by atoms with E-state index in [4.69, 9.17) is 4.74 Å². The lowest BCUT2D eigenvalue weighted by molar-refractivity contribution is 0.319. The van der Waals surface area contributed by atoms with Crippen LogP contribution in [0, 0.1) is 0 Å². The molecule has 2 aromatic rings. The second-order valence-electron chi connectivity index (χ2n) is 4.22. The summed E-state index contributed by atoms with van der Waals surface area (Å²) < 4.78 is 5.93. The topological polar surface area (TPSA) is 21.3 Å². The van der Waals surface area contributed by atoms with E-state index < -0.39 is 0 Å². The molecule has 0 unspecified atom stereocenters. The molecule has 0 aliphatic heterocycles. The van der Waals surface area contributed by atoms with Crippen LogP contribution in [0.3, 0.4) is 0 Å². The van der Waals surface area contributed by atoms with Crippen molar-refractivity contribution < 1.29 is 4.74 Å². The Hall–Kier alpha value is -1.80. The molecule has 2 rings (SSSR count). The maximum Gasteiger partial charge on any atom is 0.130 e. The predicted octanol–water partition coefficient (Wildman–Crippen LogP) is 3.17. The van der Waals surface area contributed by atoms with E-state index in [1.54, 1.807) is 0 Å². The zero-order valence-corrected chi connectivity index (χ0v) is 10.8. The molecule has 0 atom stereocenters. The highest BCUT2D eigenvalue weighted by atomic mass is 16.5. The van der Waals surface area contributed by atoms with Gasteiger partial charge in [0, 0.05) is 11.9 Å². The molecule has 0 saturated heterocycles. The van der Waals surface area contributed by atoms with Gasteiger partial charge in [-0.05, 0) is 24.4 Å². The molecule has 0 aliphatic rings. The van der Waals surface area contributed by atoms with Gasteiger partial charge in [-0.2, -0.15) is 0 Å². The van der Waals surface area contributed by atoms with Crippen LogP contribution in [0.25, 0.3) is 10.8 Å². The molecular weight excluding hydrogens is 222 g/mol. The van der Waals surface area contributed by atoms with Crippen molar-refractivity contribution in [2.45, 2.75) is 6.42 Å². The summed E-state index contributed by atoms with van der Waals surface area (Å²) in [4.78, 5) is 0. The standard InChI is InChI=1S/C16H19NO/c1-3-6-14-10-9-13-7-4-5-8-15(13)16(14)18-12-11-17-2/h3-5,7-10,17H,1,6,11-12H2,2H3. The Morgan fingerprint density at radius 2 is 2.06 bits per heavy atom. The third kappa shape index (κ3) is 2.71. The molecule has 0 bridgehead atoms. The maximum absolute atomic E-state index is 5.93. The number of hydrogen-bond donors (Lipinski definition) is 1. The number of hydrogen-bond acceptors (Lipinski definition) is 2. The third-order valence-electron chi connectivity index (χ3n) is 2.92. The van der Waals surface area contributed by atoms with Gasteiger partial charge in [-0.3, -0.25) is 0 Å². The Balaban J connectivity index is 2.41. The lowest BCUT2D eigenvalue weighted by atomic mass is 10.0. The SMILES string of the molecule is C=CCc1ccc2ccccc2c1OCCNC. The molecule has 0 amide bonds. The van der Waals surface area contributed by atoms with Crippen molar-refractivity contribution in [3.05, 3.63) is 54.6 Å². The number of nitrogens with one attached hydrogen (secondary N) is 1. The van der Waals surface area contributed by atoms with Gasteiger partial charge in [0.05, 0.1) is 0 Å². The normalized spacial score (nSPS) is 10.5. The Labute approximate surface area is 108 Å². The van der Waals surface area contributed by atoms with Gasteiger partial charge in [-0.15, -0.1) is 6.58 Å². The molecule has 2 heteroatoms. The second kappa shape index (κ2) is 6.22. The van der Waals surface area contributed by atoms with Gasteiger partial charge in [-0.1, -0.05) is 42.5 Å². The van der Waals surface area contributed by atoms with Gasteiger partial charge in [0.15, 0.2) is 0 Å². The van der Waals surface area contributed by atoms with Crippen LogP contribution >= 0.6 is 0 Å². The molecule has 0 aliphatic carbocycles. The molecule has 0 heterocycles. The van der Waals surface area contributed by atoms with E-state index in [1.165, 1.54) is 16.3 Å². The van der Waals surface area contributed by atoms with Gasteiger partial charge in [0.2, 0.25) is 0 Å². The molecule has 94 valence electrons. The fourth-order valence-corrected chi connectivity index (χ4v) is 2.03. The van der Waals surface area contributed by atoms with Crippen LogP contribution in [-0.4, -0.2) is 20.2 Å². The Bertz CT molecular complexity index is 534. The van der Waals surface area contributed by atoms with Gasteiger partial charge < -0.3 is 10.1 Å². The summed E-state index contributed by atoms with van der Waals surface area (Å²) in [7, 11) is 1.93. The van der Waals surface area contributed by atoms with Gasteiger partial charge in [0.1, 0.15) is 12.4 Å². The van der Waals surface area contributed by atoms with Crippen LogP contribution < -0.4 is 10.1 Å². The molecule has 18 heavy (non-hydrogen) atoms. The van der Waals surface area contributed by atoms with E-state index >= 15 is 0 Å².